The third-order valence-corrected chi connectivity index (χ3v) is 3.26. The predicted octanol–water partition coefficient (Wildman–Crippen LogP) is 3.03. The standard InChI is InChI=1S/C16H20N2O3/c1-11-13(6-5-9-17-11)18-10-12-7-8-14(19-2)16(21-4)15(12)20-3/h5-9,18H,10H2,1-4H3. The molecule has 5 heteroatoms. The zero-order valence-electron chi connectivity index (χ0n) is 12.8. The number of ether oxygens (including phenoxy) is 3. The largest absolute Gasteiger partial charge is 0.493 e. The van der Waals surface area contributed by atoms with Crippen LogP contribution in [0.1, 0.15) is 11.3 Å². The van der Waals surface area contributed by atoms with Gasteiger partial charge in [0.15, 0.2) is 11.5 Å². The highest BCUT2D eigenvalue weighted by Gasteiger charge is 2.15. The van der Waals surface area contributed by atoms with E-state index in [0.29, 0.717) is 23.8 Å². The number of rotatable bonds is 6. The minimum absolute atomic E-state index is 0.599. The molecule has 0 fully saturated rings. The van der Waals surface area contributed by atoms with Crippen LogP contribution in [-0.4, -0.2) is 26.3 Å². The molecule has 5 nitrogen and oxygen atoms in total. The maximum atomic E-state index is 5.47. The van der Waals surface area contributed by atoms with Gasteiger partial charge in [0.25, 0.3) is 0 Å². The number of pyridine rings is 1. The normalized spacial score (nSPS) is 10.1. The van der Waals surface area contributed by atoms with Crippen molar-refractivity contribution >= 4 is 5.69 Å². The zero-order chi connectivity index (χ0) is 15.2. The van der Waals surface area contributed by atoms with Crippen LogP contribution in [0.5, 0.6) is 17.2 Å². The van der Waals surface area contributed by atoms with Crippen LogP contribution in [0.25, 0.3) is 0 Å². The molecule has 0 aliphatic rings. The van der Waals surface area contributed by atoms with E-state index in [1.807, 2.05) is 31.2 Å². The van der Waals surface area contributed by atoms with Crippen LogP contribution >= 0.6 is 0 Å². The molecular formula is C16H20N2O3. The molecule has 0 amide bonds. The third-order valence-electron chi connectivity index (χ3n) is 3.26. The molecular weight excluding hydrogens is 268 g/mol. The van der Waals surface area contributed by atoms with Crippen LogP contribution in [-0.2, 0) is 6.54 Å². The van der Waals surface area contributed by atoms with E-state index in [9.17, 15) is 0 Å². The Morgan fingerprint density at radius 2 is 1.76 bits per heavy atom. The summed E-state index contributed by atoms with van der Waals surface area (Å²) in [5.41, 5.74) is 2.93. The summed E-state index contributed by atoms with van der Waals surface area (Å²) < 4.78 is 16.1. The Morgan fingerprint density at radius 3 is 2.38 bits per heavy atom. The van der Waals surface area contributed by atoms with Gasteiger partial charge in [-0.05, 0) is 31.2 Å². The minimum Gasteiger partial charge on any atom is -0.493 e. The van der Waals surface area contributed by atoms with E-state index in [0.717, 1.165) is 16.9 Å². The molecule has 1 N–H and O–H groups in total. The summed E-state index contributed by atoms with van der Waals surface area (Å²) in [6.07, 6.45) is 1.78. The highest BCUT2D eigenvalue weighted by Crippen LogP contribution is 2.39. The van der Waals surface area contributed by atoms with Crippen molar-refractivity contribution in [3.63, 3.8) is 0 Å². The molecule has 112 valence electrons. The van der Waals surface area contributed by atoms with Crippen LogP contribution in [0.2, 0.25) is 0 Å². The summed E-state index contributed by atoms with van der Waals surface area (Å²) in [6.45, 7) is 2.57. The average Bonchev–Trinajstić information content (AvgIpc) is 2.52. The highest BCUT2D eigenvalue weighted by atomic mass is 16.5. The molecule has 0 radical (unpaired) electrons. The molecule has 21 heavy (non-hydrogen) atoms. The fourth-order valence-electron chi connectivity index (χ4n) is 2.16. The van der Waals surface area contributed by atoms with E-state index in [2.05, 4.69) is 10.3 Å². The van der Waals surface area contributed by atoms with E-state index in [-0.39, 0.29) is 0 Å². The average molecular weight is 288 g/mol. The zero-order valence-corrected chi connectivity index (χ0v) is 12.8. The van der Waals surface area contributed by atoms with Gasteiger partial charge in [-0.3, -0.25) is 4.98 Å². The van der Waals surface area contributed by atoms with Crippen molar-refractivity contribution in [3.8, 4) is 17.2 Å². The van der Waals surface area contributed by atoms with Gasteiger partial charge in [-0.25, -0.2) is 0 Å². The molecule has 0 unspecified atom stereocenters. The second-order valence-corrected chi connectivity index (χ2v) is 4.48. The van der Waals surface area contributed by atoms with E-state index in [1.54, 1.807) is 27.5 Å². The molecule has 0 spiro atoms. The number of hydrogen-bond acceptors (Lipinski definition) is 5. The van der Waals surface area contributed by atoms with Crippen molar-refractivity contribution < 1.29 is 14.2 Å². The molecule has 0 saturated heterocycles. The fourth-order valence-corrected chi connectivity index (χ4v) is 2.16. The van der Waals surface area contributed by atoms with Gasteiger partial charge in [0.05, 0.1) is 32.7 Å². The van der Waals surface area contributed by atoms with Crippen LogP contribution in [0.15, 0.2) is 30.5 Å². The van der Waals surface area contributed by atoms with E-state index in [1.165, 1.54) is 0 Å². The van der Waals surface area contributed by atoms with Crippen LogP contribution in [0, 0.1) is 6.92 Å². The maximum absolute atomic E-state index is 5.47. The van der Waals surface area contributed by atoms with Crippen molar-refractivity contribution in [1.82, 2.24) is 4.98 Å². The van der Waals surface area contributed by atoms with Gasteiger partial charge >= 0.3 is 0 Å². The van der Waals surface area contributed by atoms with Gasteiger partial charge in [0.1, 0.15) is 0 Å². The molecule has 1 aromatic heterocycles. The molecule has 0 saturated carbocycles. The second kappa shape index (κ2) is 6.83. The monoisotopic (exact) mass is 288 g/mol. The molecule has 0 atom stereocenters. The number of nitrogens with one attached hydrogen (secondary N) is 1. The van der Waals surface area contributed by atoms with Gasteiger partial charge in [0, 0.05) is 18.3 Å². The summed E-state index contributed by atoms with van der Waals surface area (Å²) in [6, 6.07) is 7.73. The summed E-state index contributed by atoms with van der Waals surface area (Å²) in [5, 5.41) is 3.35. The molecule has 0 aliphatic carbocycles. The number of nitrogens with zero attached hydrogens (tertiary/aromatic N) is 1. The van der Waals surface area contributed by atoms with Crippen molar-refractivity contribution in [2.24, 2.45) is 0 Å². The number of methoxy groups -OCH3 is 3. The first kappa shape index (κ1) is 15.0. The Kier molecular flexibility index (Phi) is 4.87. The van der Waals surface area contributed by atoms with Crippen molar-refractivity contribution in [1.29, 1.82) is 0 Å². The molecule has 1 aromatic carbocycles. The van der Waals surface area contributed by atoms with Gasteiger partial charge < -0.3 is 19.5 Å². The summed E-state index contributed by atoms with van der Waals surface area (Å²) in [7, 11) is 4.83. The SMILES string of the molecule is COc1ccc(CNc2cccnc2C)c(OC)c1OC. The lowest BCUT2D eigenvalue weighted by molar-refractivity contribution is 0.322. The van der Waals surface area contributed by atoms with Crippen LogP contribution < -0.4 is 19.5 Å². The maximum Gasteiger partial charge on any atom is 0.203 e. The smallest absolute Gasteiger partial charge is 0.203 e. The molecule has 2 aromatic rings. The van der Waals surface area contributed by atoms with E-state index in [4.69, 9.17) is 14.2 Å². The summed E-state index contributed by atoms with van der Waals surface area (Å²) >= 11 is 0. The number of hydrogen-bond donors (Lipinski definition) is 1. The highest BCUT2D eigenvalue weighted by molar-refractivity contribution is 5.57. The molecule has 2 rings (SSSR count). The second-order valence-electron chi connectivity index (χ2n) is 4.48. The van der Waals surface area contributed by atoms with Gasteiger partial charge in [-0.15, -0.1) is 0 Å². The first-order chi connectivity index (χ1) is 10.2. The first-order valence-corrected chi connectivity index (χ1v) is 6.64. The van der Waals surface area contributed by atoms with Crippen molar-refractivity contribution in [3.05, 3.63) is 41.7 Å². The number of anilines is 1. The summed E-state index contributed by atoms with van der Waals surface area (Å²) in [4.78, 5) is 4.26. The molecule has 0 aliphatic heterocycles. The van der Waals surface area contributed by atoms with Crippen LogP contribution in [0.3, 0.4) is 0 Å². The Hall–Kier alpha value is -2.43. The third kappa shape index (κ3) is 3.18. The van der Waals surface area contributed by atoms with Gasteiger partial charge in [-0.2, -0.15) is 0 Å². The molecule has 0 bridgehead atoms. The van der Waals surface area contributed by atoms with E-state index < -0.39 is 0 Å². The Balaban J connectivity index is 2.26. The Morgan fingerprint density at radius 1 is 1.00 bits per heavy atom. The lowest BCUT2D eigenvalue weighted by Gasteiger charge is -2.16. The number of aromatic nitrogens is 1. The van der Waals surface area contributed by atoms with Crippen molar-refractivity contribution in [2.75, 3.05) is 26.6 Å². The molecule has 1 heterocycles. The van der Waals surface area contributed by atoms with Gasteiger partial charge in [-0.1, -0.05) is 0 Å². The topological polar surface area (TPSA) is 52.6 Å². The van der Waals surface area contributed by atoms with Gasteiger partial charge in [0.2, 0.25) is 5.75 Å². The predicted molar refractivity (Wildman–Crippen MR) is 82.4 cm³/mol. The minimum atomic E-state index is 0.599. The lowest BCUT2D eigenvalue weighted by atomic mass is 10.1. The number of aryl methyl sites for hydroxylation is 1. The fraction of sp³-hybridized carbons (Fsp3) is 0.312. The quantitative estimate of drug-likeness (QED) is 0.885. The van der Waals surface area contributed by atoms with Crippen LogP contribution in [0.4, 0.5) is 5.69 Å². The first-order valence-electron chi connectivity index (χ1n) is 6.64. The lowest BCUT2D eigenvalue weighted by Crippen LogP contribution is -2.05. The summed E-state index contributed by atoms with van der Waals surface area (Å²) in [5.74, 6) is 1.92. The number of benzene rings is 1. The van der Waals surface area contributed by atoms with Crippen molar-refractivity contribution in [2.45, 2.75) is 13.5 Å². The Bertz CT molecular complexity index is 614. The Labute approximate surface area is 124 Å². The van der Waals surface area contributed by atoms with E-state index >= 15 is 0 Å².